The van der Waals surface area contributed by atoms with Gasteiger partial charge < -0.3 is 5.32 Å². The van der Waals surface area contributed by atoms with Gasteiger partial charge in [0.05, 0.1) is 10.7 Å². The van der Waals surface area contributed by atoms with Crippen molar-refractivity contribution >= 4 is 11.3 Å². The largest absolute Gasteiger partial charge is 0.316 e. The Hall–Kier alpha value is -0.450. The molecule has 0 radical (unpaired) electrons. The van der Waals surface area contributed by atoms with Crippen LogP contribution in [0.5, 0.6) is 0 Å². The summed E-state index contributed by atoms with van der Waals surface area (Å²) in [5.74, 6) is 1.35. The molecule has 1 aliphatic rings. The third-order valence-electron chi connectivity index (χ3n) is 4.05. The van der Waals surface area contributed by atoms with Crippen LogP contribution in [0.25, 0.3) is 0 Å². The molecule has 1 aromatic rings. The molecule has 1 atom stereocenters. The number of nitrogens with zero attached hydrogens (tertiary/aromatic N) is 2. The van der Waals surface area contributed by atoms with Gasteiger partial charge in [0.1, 0.15) is 0 Å². The zero-order chi connectivity index (χ0) is 14.5. The van der Waals surface area contributed by atoms with E-state index >= 15 is 0 Å². The summed E-state index contributed by atoms with van der Waals surface area (Å²) in [6.07, 6.45) is 2.69. The van der Waals surface area contributed by atoms with E-state index in [0.29, 0.717) is 12.0 Å². The molecule has 1 fully saturated rings. The third kappa shape index (κ3) is 4.54. The van der Waals surface area contributed by atoms with Gasteiger partial charge in [0, 0.05) is 30.4 Å². The molecule has 1 aromatic heterocycles. The van der Waals surface area contributed by atoms with Gasteiger partial charge in [0.25, 0.3) is 0 Å². The van der Waals surface area contributed by atoms with E-state index in [0.717, 1.165) is 12.5 Å². The Morgan fingerprint density at radius 3 is 2.75 bits per heavy atom. The maximum Gasteiger partial charge on any atom is 0.0954 e. The predicted molar refractivity (Wildman–Crippen MR) is 87.3 cm³/mol. The van der Waals surface area contributed by atoms with Crippen LogP contribution >= 0.6 is 11.3 Å². The minimum Gasteiger partial charge on any atom is -0.316 e. The van der Waals surface area contributed by atoms with Crippen LogP contribution in [-0.2, 0) is 6.54 Å². The Kier molecular flexibility index (Phi) is 6.00. The summed E-state index contributed by atoms with van der Waals surface area (Å²) >= 11 is 1.81. The van der Waals surface area contributed by atoms with E-state index in [4.69, 9.17) is 4.98 Å². The fraction of sp³-hybridized carbons (Fsp3) is 0.812. The molecule has 0 spiro atoms. The molecule has 0 bridgehead atoms. The second-order valence-electron chi connectivity index (χ2n) is 6.57. The average Bonchev–Trinajstić information content (AvgIpc) is 2.88. The number of nitrogens with one attached hydrogen (secondary N) is 1. The van der Waals surface area contributed by atoms with E-state index in [1.165, 1.54) is 43.2 Å². The summed E-state index contributed by atoms with van der Waals surface area (Å²) < 4.78 is 0. The first-order valence-electron chi connectivity index (χ1n) is 7.95. The van der Waals surface area contributed by atoms with Crippen molar-refractivity contribution in [3.05, 3.63) is 16.1 Å². The highest BCUT2D eigenvalue weighted by Gasteiger charge is 2.20. The monoisotopic (exact) mass is 295 g/mol. The molecule has 1 N–H and O–H groups in total. The third-order valence-corrected chi connectivity index (χ3v) is 5.24. The van der Waals surface area contributed by atoms with Crippen molar-refractivity contribution in [2.45, 2.75) is 59.0 Å². The van der Waals surface area contributed by atoms with E-state index in [1.807, 2.05) is 11.3 Å². The van der Waals surface area contributed by atoms with E-state index in [-0.39, 0.29) is 0 Å². The van der Waals surface area contributed by atoms with Gasteiger partial charge in [-0.1, -0.05) is 13.8 Å². The fourth-order valence-corrected chi connectivity index (χ4v) is 3.56. The minimum atomic E-state index is 0.545. The summed E-state index contributed by atoms with van der Waals surface area (Å²) in [5.41, 5.74) is 1.25. The maximum atomic E-state index is 4.79. The second-order valence-corrected chi connectivity index (χ2v) is 7.46. The first kappa shape index (κ1) is 15.9. The molecule has 20 heavy (non-hydrogen) atoms. The van der Waals surface area contributed by atoms with Crippen LogP contribution in [0.3, 0.4) is 0 Å². The molecule has 114 valence electrons. The molecule has 2 rings (SSSR count). The van der Waals surface area contributed by atoms with Crippen LogP contribution < -0.4 is 5.32 Å². The Bertz CT molecular complexity index is 394. The van der Waals surface area contributed by atoms with Crippen molar-refractivity contribution in [2.75, 3.05) is 19.6 Å². The van der Waals surface area contributed by atoms with Crippen molar-refractivity contribution in [3.8, 4) is 0 Å². The molecule has 3 nitrogen and oxygen atoms in total. The number of piperidine rings is 1. The molecule has 0 aliphatic carbocycles. The van der Waals surface area contributed by atoms with Crippen molar-refractivity contribution in [1.29, 1.82) is 0 Å². The summed E-state index contributed by atoms with van der Waals surface area (Å²) in [5, 5.41) is 7.03. The zero-order valence-corrected chi connectivity index (χ0v) is 14.2. The van der Waals surface area contributed by atoms with Crippen LogP contribution in [0, 0.1) is 5.92 Å². The molecule has 2 heterocycles. The molecule has 1 aliphatic heterocycles. The molecule has 0 aromatic carbocycles. The Morgan fingerprint density at radius 2 is 2.20 bits per heavy atom. The van der Waals surface area contributed by atoms with Gasteiger partial charge in [-0.05, 0) is 45.7 Å². The Labute approximate surface area is 127 Å². The number of thiazole rings is 1. The topological polar surface area (TPSA) is 28.2 Å². The van der Waals surface area contributed by atoms with Crippen molar-refractivity contribution in [1.82, 2.24) is 15.2 Å². The van der Waals surface area contributed by atoms with Crippen molar-refractivity contribution in [3.63, 3.8) is 0 Å². The Balaban J connectivity index is 1.93. The summed E-state index contributed by atoms with van der Waals surface area (Å²) in [7, 11) is 0. The maximum absolute atomic E-state index is 4.79. The smallest absolute Gasteiger partial charge is 0.0954 e. The zero-order valence-electron chi connectivity index (χ0n) is 13.4. The minimum absolute atomic E-state index is 0.545. The lowest BCUT2D eigenvalue weighted by Gasteiger charge is -2.32. The van der Waals surface area contributed by atoms with Crippen LogP contribution in [0.15, 0.2) is 5.38 Å². The number of hydrogen-bond acceptors (Lipinski definition) is 4. The lowest BCUT2D eigenvalue weighted by atomic mass is 9.98. The predicted octanol–water partition coefficient (Wildman–Crippen LogP) is 3.48. The van der Waals surface area contributed by atoms with Crippen molar-refractivity contribution in [2.24, 2.45) is 5.92 Å². The van der Waals surface area contributed by atoms with Gasteiger partial charge in [-0.15, -0.1) is 11.3 Å². The first-order valence-corrected chi connectivity index (χ1v) is 8.83. The SMILES string of the molecule is CC(C)c1nc(CN(CC2CCCNC2)C(C)C)cs1. The second kappa shape index (κ2) is 7.53. The van der Waals surface area contributed by atoms with Crippen LogP contribution in [0.2, 0.25) is 0 Å². The highest BCUT2D eigenvalue weighted by atomic mass is 32.1. The Morgan fingerprint density at radius 1 is 1.40 bits per heavy atom. The molecule has 0 saturated carbocycles. The number of rotatable bonds is 6. The molecular weight excluding hydrogens is 266 g/mol. The summed E-state index contributed by atoms with van der Waals surface area (Å²) in [4.78, 5) is 7.37. The van der Waals surface area contributed by atoms with E-state index in [1.54, 1.807) is 0 Å². The quantitative estimate of drug-likeness (QED) is 0.871. The van der Waals surface area contributed by atoms with E-state index < -0.39 is 0 Å². The summed E-state index contributed by atoms with van der Waals surface area (Å²) in [6.45, 7) is 13.6. The van der Waals surface area contributed by atoms with Crippen LogP contribution in [-0.4, -0.2) is 35.6 Å². The first-order chi connectivity index (χ1) is 9.56. The molecule has 1 unspecified atom stereocenters. The molecular formula is C16H29N3S. The number of hydrogen-bond donors (Lipinski definition) is 1. The van der Waals surface area contributed by atoms with Gasteiger partial charge in [-0.3, -0.25) is 4.90 Å². The van der Waals surface area contributed by atoms with Gasteiger partial charge in [0.15, 0.2) is 0 Å². The highest BCUT2D eigenvalue weighted by molar-refractivity contribution is 7.09. The lowest BCUT2D eigenvalue weighted by molar-refractivity contribution is 0.162. The molecule has 0 amide bonds. The van der Waals surface area contributed by atoms with Gasteiger partial charge >= 0.3 is 0 Å². The van der Waals surface area contributed by atoms with Gasteiger partial charge in [0.2, 0.25) is 0 Å². The van der Waals surface area contributed by atoms with Crippen LogP contribution in [0.1, 0.15) is 57.2 Å². The molecule has 4 heteroatoms. The standard InChI is InChI=1S/C16H29N3S/c1-12(2)16-18-15(11-20-16)10-19(13(3)4)9-14-6-5-7-17-8-14/h11-14,17H,5-10H2,1-4H3. The fourth-order valence-electron chi connectivity index (χ4n) is 2.74. The van der Waals surface area contributed by atoms with Crippen molar-refractivity contribution < 1.29 is 0 Å². The van der Waals surface area contributed by atoms with E-state index in [2.05, 4.69) is 43.3 Å². The van der Waals surface area contributed by atoms with Gasteiger partial charge in [-0.2, -0.15) is 0 Å². The van der Waals surface area contributed by atoms with Gasteiger partial charge in [-0.25, -0.2) is 4.98 Å². The molecule has 1 saturated heterocycles. The number of aromatic nitrogens is 1. The van der Waals surface area contributed by atoms with E-state index in [9.17, 15) is 0 Å². The normalized spacial score (nSPS) is 20.2. The highest BCUT2D eigenvalue weighted by Crippen LogP contribution is 2.21. The lowest BCUT2D eigenvalue weighted by Crippen LogP contribution is -2.40. The average molecular weight is 295 g/mol. The van der Waals surface area contributed by atoms with Crippen LogP contribution in [0.4, 0.5) is 0 Å². The summed E-state index contributed by atoms with van der Waals surface area (Å²) in [6, 6.07) is 0.584.